The number of carbonyl (C=O) groups excluding carboxylic acids is 1. The first-order valence-electron chi connectivity index (χ1n) is 5.52. The highest BCUT2D eigenvalue weighted by Gasteiger charge is 2.19. The molecule has 1 aromatic carbocycles. The van der Waals surface area contributed by atoms with E-state index in [4.69, 9.17) is 5.73 Å². The van der Waals surface area contributed by atoms with Crippen LogP contribution >= 0.6 is 0 Å². The van der Waals surface area contributed by atoms with Gasteiger partial charge in [-0.15, -0.1) is 0 Å². The van der Waals surface area contributed by atoms with Crippen molar-refractivity contribution in [2.45, 2.75) is 12.5 Å². The molecule has 18 heavy (non-hydrogen) atoms. The van der Waals surface area contributed by atoms with E-state index in [1.807, 2.05) is 6.07 Å². The molecule has 0 saturated carbocycles. The van der Waals surface area contributed by atoms with Gasteiger partial charge in [-0.25, -0.2) is 8.42 Å². The zero-order valence-corrected chi connectivity index (χ0v) is 11.0. The summed E-state index contributed by atoms with van der Waals surface area (Å²) in [6, 6.07) is 8.42. The largest absolute Gasteiger partial charge is 0.469 e. The Morgan fingerprint density at radius 3 is 2.50 bits per heavy atom. The van der Waals surface area contributed by atoms with Gasteiger partial charge in [0.25, 0.3) is 0 Å². The van der Waals surface area contributed by atoms with Gasteiger partial charge in [0.05, 0.1) is 25.0 Å². The summed E-state index contributed by atoms with van der Waals surface area (Å²) in [4.78, 5) is 10.9. The fourth-order valence-electron chi connectivity index (χ4n) is 1.49. The number of nitrogens with two attached hydrogens (primary N) is 1. The van der Waals surface area contributed by atoms with E-state index in [9.17, 15) is 13.2 Å². The maximum Gasteiger partial charge on any atom is 0.306 e. The number of esters is 1. The first-order chi connectivity index (χ1) is 8.44. The molecular weight excluding hydrogens is 254 g/mol. The Morgan fingerprint density at radius 1 is 1.33 bits per heavy atom. The summed E-state index contributed by atoms with van der Waals surface area (Å²) in [5.41, 5.74) is 6.59. The average molecular weight is 271 g/mol. The summed E-state index contributed by atoms with van der Waals surface area (Å²) < 4.78 is 27.9. The lowest BCUT2D eigenvalue weighted by atomic mass is 10.1. The quantitative estimate of drug-likeness (QED) is 0.768. The summed E-state index contributed by atoms with van der Waals surface area (Å²) in [6.45, 7) is 0. The molecule has 0 saturated heterocycles. The molecule has 1 unspecified atom stereocenters. The van der Waals surface area contributed by atoms with E-state index in [2.05, 4.69) is 4.74 Å². The molecule has 0 aliphatic carbocycles. The Kier molecular flexibility index (Phi) is 5.30. The smallest absolute Gasteiger partial charge is 0.306 e. The van der Waals surface area contributed by atoms with Crippen molar-refractivity contribution in [3.05, 3.63) is 35.9 Å². The minimum Gasteiger partial charge on any atom is -0.469 e. The van der Waals surface area contributed by atoms with Crippen molar-refractivity contribution in [1.82, 2.24) is 0 Å². The third-order valence-electron chi connectivity index (χ3n) is 2.51. The van der Waals surface area contributed by atoms with Crippen LogP contribution in [0.3, 0.4) is 0 Å². The van der Waals surface area contributed by atoms with E-state index in [0.29, 0.717) is 0 Å². The van der Waals surface area contributed by atoms with Crippen molar-refractivity contribution >= 4 is 15.8 Å². The van der Waals surface area contributed by atoms with Gasteiger partial charge in [-0.2, -0.15) is 0 Å². The van der Waals surface area contributed by atoms with Crippen LogP contribution in [0.15, 0.2) is 30.3 Å². The van der Waals surface area contributed by atoms with Crippen LogP contribution in [-0.2, 0) is 19.4 Å². The normalized spacial score (nSPS) is 13.0. The third kappa shape index (κ3) is 4.85. The maximum atomic E-state index is 11.7. The van der Waals surface area contributed by atoms with Gasteiger partial charge in [0, 0.05) is 6.04 Å². The molecule has 1 atom stereocenters. The van der Waals surface area contributed by atoms with E-state index >= 15 is 0 Å². The molecule has 0 aliphatic rings. The number of carbonyl (C=O) groups is 1. The summed E-state index contributed by atoms with van der Waals surface area (Å²) >= 11 is 0. The Morgan fingerprint density at radius 2 is 1.94 bits per heavy atom. The molecular formula is C12H17NO4S. The van der Waals surface area contributed by atoms with Gasteiger partial charge in [0.15, 0.2) is 9.84 Å². The van der Waals surface area contributed by atoms with E-state index in [0.717, 1.165) is 5.56 Å². The first-order valence-corrected chi connectivity index (χ1v) is 7.34. The van der Waals surface area contributed by atoms with Gasteiger partial charge in [0.1, 0.15) is 0 Å². The van der Waals surface area contributed by atoms with E-state index in [-0.39, 0.29) is 17.9 Å². The number of ether oxygens (including phenoxy) is 1. The number of rotatable bonds is 6. The van der Waals surface area contributed by atoms with Crippen LogP contribution in [0, 0.1) is 0 Å². The lowest BCUT2D eigenvalue weighted by Gasteiger charge is -2.12. The zero-order valence-electron chi connectivity index (χ0n) is 10.2. The number of sulfone groups is 1. The Hall–Kier alpha value is -1.40. The predicted molar refractivity (Wildman–Crippen MR) is 68.7 cm³/mol. The lowest BCUT2D eigenvalue weighted by Crippen LogP contribution is -2.24. The van der Waals surface area contributed by atoms with Crippen molar-refractivity contribution in [3.63, 3.8) is 0 Å². The van der Waals surface area contributed by atoms with Crippen LogP contribution in [0.4, 0.5) is 0 Å². The molecule has 0 heterocycles. The molecule has 2 N–H and O–H groups in total. The lowest BCUT2D eigenvalue weighted by molar-refractivity contribution is -0.140. The van der Waals surface area contributed by atoms with Crippen molar-refractivity contribution in [1.29, 1.82) is 0 Å². The van der Waals surface area contributed by atoms with Crippen molar-refractivity contribution in [2.75, 3.05) is 18.6 Å². The molecule has 100 valence electrons. The molecule has 0 aliphatic heterocycles. The minimum absolute atomic E-state index is 0.139. The first kappa shape index (κ1) is 14.7. The van der Waals surface area contributed by atoms with E-state index in [1.165, 1.54) is 7.11 Å². The monoisotopic (exact) mass is 271 g/mol. The van der Waals surface area contributed by atoms with Crippen LogP contribution < -0.4 is 5.73 Å². The van der Waals surface area contributed by atoms with Gasteiger partial charge < -0.3 is 10.5 Å². The van der Waals surface area contributed by atoms with Crippen molar-refractivity contribution < 1.29 is 17.9 Å². The Bertz CT molecular complexity index is 484. The topological polar surface area (TPSA) is 86.5 Å². The highest BCUT2D eigenvalue weighted by molar-refractivity contribution is 7.91. The number of methoxy groups -OCH3 is 1. The van der Waals surface area contributed by atoms with E-state index in [1.54, 1.807) is 24.3 Å². The molecule has 0 spiro atoms. The summed E-state index contributed by atoms with van der Waals surface area (Å²) in [5.74, 6) is -0.944. The van der Waals surface area contributed by atoms with Crippen molar-refractivity contribution in [2.24, 2.45) is 5.73 Å². The van der Waals surface area contributed by atoms with Crippen LogP contribution in [0.2, 0.25) is 0 Å². The van der Waals surface area contributed by atoms with Crippen molar-refractivity contribution in [3.8, 4) is 0 Å². The summed E-state index contributed by atoms with van der Waals surface area (Å²) in [7, 11) is -2.13. The Labute approximate surface area is 107 Å². The third-order valence-corrected chi connectivity index (χ3v) is 4.20. The number of benzene rings is 1. The molecule has 0 bridgehead atoms. The SMILES string of the molecule is COC(=O)CCS(=O)(=O)CC(N)c1ccccc1. The molecule has 0 fully saturated rings. The highest BCUT2D eigenvalue weighted by Crippen LogP contribution is 2.12. The van der Waals surface area contributed by atoms with Gasteiger partial charge in [-0.1, -0.05) is 30.3 Å². The number of hydrogen-bond donors (Lipinski definition) is 1. The van der Waals surface area contributed by atoms with Gasteiger partial charge in [-0.05, 0) is 5.56 Å². The molecule has 0 radical (unpaired) electrons. The second kappa shape index (κ2) is 6.51. The molecule has 1 rings (SSSR count). The molecule has 1 aromatic rings. The van der Waals surface area contributed by atoms with Crippen LogP contribution in [0.1, 0.15) is 18.0 Å². The minimum atomic E-state index is -3.36. The highest BCUT2D eigenvalue weighted by atomic mass is 32.2. The van der Waals surface area contributed by atoms with Crippen LogP contribution in [0.5, 0.6) is 0 Å². The van der Waals surface area contributed by atoms with E-state index < -0.39 is 21.8 Å². The fraction of sp³-hybridized carbons (Fsp3) is 0.417. The maximum absolute atomic E-state index is 11.7. The summed E-state index contributed by atoms with van der Waals surface area (Å²) in [6.07, 6.45) is -0.139. The van der Waals surface area contributed by atoms with Crippen LogP contribution in [0.25, 0.3) is 0 Å². The number of hydrogen-bond acceptors (Lipinski definition) is 5. The standard InChI is InChI=1S/C12H17NO4S/c1-17-12(14)7-8-18(15,16)9-11(13)10-5-3-2-4-6-10/h2-6,11H,7-9,13H2,1H3. The summed E-state index contributed by atoms with van der Waals surface area (Å²) in [5, 5.41) is 0. The molecule has 0 aromatic heterocycles. The molecule has 6 heteroatoms. The van der Waals surface area contributed by atoms with Crippen LogP contribution in [-0.4, -0.2) is 33.0 Å². The fourth-order valence-corrected chi connectivity index (χ4v) is 2.88. The van der Waals surface area contributed by atoms with Gasteiger partial charge in [-0.3, -0.25) is 4.79 Å². The second-order valence-electron chi connectivity index (χ2n) is 3.96. The Balaban J connectivity index is 2.58. The second-order valence-corrected chi connectivity index (χ2v) is 6.19. The average Bonchev–Trinajstić information content (AvgIpc) is 2.36. The van der Waals surface area contributed by atoms with Gasteiger partial charge >= 0.3 is 5.97 Å². The van der Waals surface area contributed by atoms with Gasteiger partial charge in [0.2, 0.25) is 0 Å². The predicted octanol–water partition coefficient (Wildman–Crippen LogP) is 0.664. The molecule has 0 amide bonds. The molecule has 5 nitrogen and oxygen atoms in total. The zero-order chi connectivity index (χ0) is 13.6.